The topological polar surface area (TPSA) is 90.4 Å². The molecular formula is C29H30N4O3. The highest BCUT2D eigenvalue weighted by Gasteiger charge is 2.19. The van der Waals surface area contributed by atoms with Gasteiger partial charge in [-0.25, -0.2) is 4.68 Å². The van der Waals surface area contributed by atoms with Gasteiger partial charge in [0.15, 0.2) is 0 Å². The summed E-state index contributed by atoms with van der Waals surface area (Å²) in [6.45, 7) is 6.70. The van der Waals surface area contributed by atoms with E-state index >= 15 is 0 Å². The Kier molecular flexibility index (Phi) is 7.20. The predicted molar refractivity (Wildman–Crippen MR) is 139 cm³/mol. The van der Waals surface area contributed by atoms with E-state index < -0.39 is 5.91 Å². The minimum Gasteiger partial charge on any atom is -0.488 e. The third kappa shape index (κ3) is 5.15. The summed E-state index contributed by atoms with van der Waals surface area (Å²) >= 11 is 0. The first-order chi connectivity index (χ1) is 17.3. The van der Waals surface area contributed by atoms with Crippen LogP contribution in [0.15, 0.2) is 72.8 Å². The Morgan fingerprint density at radius 3 is 2.44 bits per heavy atom. The van der Waals surface area contributed by atoms with Gasteiger partial charge in [-0.1, -0.05) is 42.5 Å². The van der Waals surface area contributed by atoms with Crippen LogP contribution in [0.3, 0.4) is 0 Å². The number of carbonyl (C=O) groups is 2. The highest BCUT2D eigenvalue weighted by Crippen LogP contribution is 2.23. The van der Waals surface area contributed by atoms with Crippen LogP contribution in [0.25, 0.3) is 5.69 Å². The van der Waals surface area contributed by atoms with Crippen molar-refractivity contribution >= 4 is 11.8 Å². The molecule has 0 aliphatic carbocycles. The van der Waals surface area contributed by atoms with E-state index in [0.29, 0.717) is 23.4 Å². The van der Waals surface area contributed by atoms with E-state index in [1.807, 2.05) is 54.9 Å². The number of aromatic nitrogens is 2. The second-order valence-electron chi connectivity index (χ2n) is 8.86. The van der Waals surface area contributed by atoms with E-state index in [0.717, 1.165) is 33.8 Å². The number of amides is 2. The summed E-state index contributed by atoms with van der Waals surface area (Å²) in [6, 6.07) is 22.2. The average molecular weight is 483 g/mol. The molecule has 7 nitrogen and oxygen atoms in total. The number of benzene rings is 3. The number of carbonyl (C=O) groups excluding carboxylic acids is 2. The van der Waals surface area contributed by atoms with Gasteiger partial charge in [0.1, 0.15) is 12.4 Å². The summed E-state index contributed by atoms with van der Waals surface area (Å²) < 4.78 is 7.77. The van der Waals surface area contributed by atoms with Crippen LogP contribution in [0.5, 0.6) is 5.75 Å². The lowest BCUT2D eigenvalue weighted by molar-refractivity contribution is 0.0784. The van der Waals surface area contributed by atoms with Crippen molar-refractivity contribution in [2.45, 2.75) is 33.9 Å². The van der Waals surface area contributed by atoms with Crippen molar-refractivity contribution in [1.29, 1.82) is 0 Å². The number of hydrogen-bond acceptors (Lipinski definition) is 4. The van der Waals surface area contributed by atoms with E-state index in [-0.39, 0.29) is 12.5 Å². The van der Waals surface area contributed by atoms with Crippen LogP contribution in [0.1, 0.15) is 48.8 Å². The van der Waals surface area contributed by atoms with Crippen LogP contribution < -0.4 is 10.5 Å². The van der Waals surface area contributed by atoms with E-state index in [4.69, 9.17) is 15.6 Å². The SMILES string of the molecule is Cc1ccccc1-n1nc(C)c(CN(C)C(=O)c2cccc(COc3ccccc3C(N)=O)c2)c1C. The largest absolute Gasteiger partial charge is 0.488 e. The van der Waals surface area contributed by atoms with Crippen LogP contribution in [0, 0.1) is 20.8 Å². The molecule has 0 bridgehead atoms. The summed E-state index contributed by atoms with van der Waals surface area (Å²) in [5.74, 6) is -0.236. The highest BCUT2D eigenvalue weighted by atomic mass is 16.5. The molecule has 0 aliphatic rings. The molecule has 0 unspecified atom stereocenters. The molecule has 4 aromatic rings. The lowest BCUT2D eigenvalue weighted by atomic mass is 10.1. The van der Waals surface area contributed by atoms with Crippen molar-refractivity contribution < 1.29 is 14.3 Å². The maximum absolute atomic E-state index is 13.3. The fourth-order valence-electron chi connectivity index (χ4n) is 4.22. The Balaban J connectivity index is 1.49. The molecule has 0 spiro atoms. The molecule has 0 aliphatic heterocycles. The molecule has 184 valence electrons. The first-order valence-corrected chi connectivity index (χ1v) is 11.7. The third-order valence-corrected chi connectivity index (χ3v) is 6.25. The summed E-state index contributed by atoms with van der Waals surface area (Å²) in [7, 11) is 1.79. The van der Waals surface area contributed by atoms with Gasteiger partial charge in [-0.2, -0.15) is 5.10 Å². The summed E-state index contributed by atoms with van der Waals surface area (Å²) in [5.41, 5.74) is 12.2. The van der Waals surface area contributed by atoms with Crippen molar-refractivity contribution in [3.05, 3.63) is 112 Å². The van der Waals surface area contributed by atoms with Crippen molar-refractivity contribution in [1.82, 2.24) is 14.7 Å². The molecule has 0 fully saturated rings. The van der Waals surface area contributed by atoms with Crippen LogP contribution >= 0.6 is 0 Å². The Bertz CT molecular complexity index is 1420. The van der Waals surface area contributed by atoms with Gasteiger partial charge in [-0.15, -0.1) is 0 Å². The molecule has 2 amide bonds. The van der Waals surface area contributed by atoms with Crippen LogP contribution in [-0.4, -0.2) is 33.5 Å². The molecule has 1 aromatic heterocycles. The lowest BCUT2D eigenvalue weighted by Gasteiger charge is -2.18. The fourth-order valence-corrected chi connectivity index (χ4v) is 4.22. The quantitative estimate of drug-likeness (QED) is 0.392. The lowest BCUT2D eigenvalue weighted by Crippen LogP contribution is -2.26. The van der Waals surface area contributed by atoms with Crippen molar-refractivity contribution in [3.8, 4) is 11.4 Å². The van der Waals surface area contributed by atoms with Gasteiger partial charge in [-0.3, -0.25) is 9.59 Å². The number of nitrogens with zero attached hydrogens (tertiary/aromatic N) is 3. The molecule has 36 heavy (non-hydrogen) atoms. The van der Waals surface area contributed by atoms with Gasteiger partial charge in [0.25, 0.3) is 11.8 Å². The molecular weight excluding hydrogens is 452 g/mol. The first kappa shape index (κ1) is 24.7. The number of para-hydroxylation sites is 2. The van der Waals surface area contributed by atoms with Gasteiger partial charge in [-0.05, 0) is 62.2 Å². The molecule has 3 aromatic carbocycles. The molecule has 0 saturated heterocycles. The second-order valence-corrected chi connectivity index (χ2v) is 8.86. The van der Waals surface area contributed by atoms with Crippen LogP contribution in [-0.2, 0) is 13.2 Å². The van der Waals surface area contributed by atoms with Gasteiger partial charge in [0.2, 0.25) is 0 Å². The molecule has 4 rings (SSSR count). The monoisotopic (exact) mass is 482 g/mol. The molecule has 7 heteroatoms. The third-order valence-electron chi connectivity index (χ3n) is 6.25. The number of primary amides is 1. The first-order valence-electron chi connectivity index (χ1n) is 11.7. The average Bonchev–Trinajstić information content (AvgIpc) is 3.15. The Morgan fingerprint density at radius 2 is 1.69 bits per heavy atom. The molecule has 0 atom stereocenters. The minimum absolute atomic E-state index is 0.100. The Morgan fingerprint density at radius 1 is 0.972 bits per heavy atom. The van der Waals surface area contributed by atoms with E-state index in [9.17, 15) is 9.59 Å². The molecule has 1 heterocycles. The van der Waals surface area contributed by atoms with Crippen molar-refractivity contribution in [2.24, 2.45) is 5.73 Å². The molecule has 2 N–H and O–H groups in total. The maximum atomic E-state index is 13.3. The Hall–Kier alpha value is -4.39. The second kappa shape index (κ2) is 10.5. The maximum Gasteiger partial charge on any atom is 0.253 e. The Labute approximate surface area is 211 Å². The molecule has 0 radical (unpaired) electrons. The zero-order valence-electron chi connectivity index (χ0n) is 21.0. The number of rotatable bonds is 8. The standard InChI is InChI=1S/C29H30N4O3/c1-19-10-5-7-14-26(19)33-21(3)25(20(2)31-33)17-32(4)29(35)23-12-9-11-22(16-23)18-36-27-15-8-6-13-24(27)28(30)34/h5-16H,17-18H2,1-4H3,(H2,30,34). The van der Waals surface area contributed by atoms with Gasteiger partial charge < -0.3 is 15.4 Å². The minimum atomic E-state index is -0.549. The predicted octanol–water partition coefficient (Wildman–Crippen LogP) is 4.75. The zero-order chi connectivity index (χ0) is 25.8. The summed E-state index contributed by atoms with van der Waals surface area (Å²) in [6.07, 6.45) is 0. The number of hydrogen-bond donors (Lipinski definition) is 1. The summed E-state index contributed by atoms with van der Waals surface area (Å²) in [4.78, 5) is 26.6. The highest BCUT2D eigenvalue weighted by molar-refractivity contribution is 5.95. The zero-order valence-corrected chi connectivity index (χ0v) is 21.0. The van der Waals surface area contributed by atoms with Gasteiger partial charge in [0, 0.05) is 30.4 Å². The summed E-state index contributed by atoms with van der Waals surface area (Å²) in [5, 5.41) is 4.74. The van der Waals surface area contributed by atoms with E-state index in [1.165, 1.54) is 0 Å². The number of nitrogens with two attached hydrogens (primary N) is 1. The normalized spacial score (nSPS) is 10.8. The van der Waals surface area contributed by atoms with Crippen LogP contribution in [0.4, 0.5) is 0 Å². The van der Waals surface area contributed by atoms with Gasteiger partial charge >= 0.3 is 0 Å². The number of ether oxygens (including phenoxy) is 1. The van der Waals surface area contributed by atoms with Crippen molar-refractivity contribution in [3.63, 3.8) is 0 Å². The fraction of sp³-hybridized carbons (Fsp3) is 0.207. The molecule has 0 saturated carbocycles. The number of aryl methyl sites for hydroxylation is 2. The van der Waals surface area contributed by atoms with Crippen LogP contribution in [0.2, 0.25) is 0 Å². The van der Waals surface area contributed by atoms with Crippen molar-refractivity contribution in [2.75, 3.05) is 7.05 Å². The smallest absolute Gasteiger partial charge is 0.253 e. The van der Waals surface area contributed by atoms with Gasteiger partial charge in [0.05, 0.1) is 16.9 Å². The van der Waals surface area contributed by atoms with E-state index in [2.05, 4.69) is 13.0 Å². The van der Waals surface area contributed by atoms with E-state index in [1.54, 1.807) is 42.3 Å².